The predicted molar refractivity (Wildman–Crippen MR) is 83.8 cm³/mol. The summed E-state index contributed by atoms with van der Waals surface area (Å²) in [6.07, 6.45) is 4.67. The number of nitrogens with zero attached hydrogens (tertiary/aromatic N) is 1. The van der Waals surface area contributed by atoms with E-state index in [2.05, 4.69) is 11.9 Å². The second kappa shape index (κ2) is 6.82. The fourth-order valence-corrected chi connectivity index (χ4v) is 2.83. The Morgan fingerprint density at radius 1 is 1.42 bits per heavy atom. The van der Waals surface area contributed by atoms with Crippen molar-refractivity contribution in [3.05, 3.63) is 35.5 Å². The quantitative estimate of drug-likeness (QED) is 0.791. The molecular formula is C14H15NO2S2. The van der Waals surface area contributed by atoms with Gasteiger partial charge in [0.2, 0.25) is 5.12 Å². The monoisotopic (exact) mass is 293 g/mol. The van der Waals surface area contributed by atoms with Crippen LogP contribution < -0.4 is 4.74 Å². The Morgan fingerprint density at radius 2 is 2.21 bits per heavy atom. The van der Waals surface area contributed by atoms with E-state index in [0.29, 0.717) is 12.3 Å². The number of aliphatic imine (C=N–C) groups is 1. The summed E-state index contributed by atoms with van der Waals surface area (Å²) in [5, 5.41) is -0.00496. The maximum atomic E-state index is 11.8. The molecule has 0 atom stereocenters. The molecule has 0 unspecified atom stereocenters. The Labute approximate surface area is 121 Å². The molecule has 0 amide bonds. The standard InChI is InChI=1S/C14H15NO2S2/c1-3-8-17-12-7-5-4-6-10(12)9-11-13(16)19-14(15-11)18-2/h4-7,9H,3,8H2,1-2H3/b11-9+. The first-order chi connectivity index (χ1) is 9.24. The fraction of sp³-hybridized carbons (Fsp3) is 0.286. The van der Waals surface area contributed by atoms with Crippen molar-refractivity contribution < 1.29 is 9.53 Å². The number of hydrogen-bond acceptors (Lipinski definition) is 5. The topological polar surface area (TPSA) is 38.7 Å². The van der Waals surface area contributed by atoms with Crippen molar-refractivity contribution in [2.24, 2.45) is 4.99 Å². The van der Waals surface area contributed by atoms with Crippen LogP contribution in [-0.2, 0) is 4.79 Å². The zero-order chi connectivity index (χ0) is 13.7. The van der Waals surface area contributed by atoms with Crippen molar-refractivity contribution in [1.82, 2.24) is 0 Å². The number of ether oxygens (including phenoxy) is 1. The zero-order valence-electron chi connectivity index (χ0n) is 10.9. The molecule has 0 fully saturated rings. The van der Waals surface area contributed by atoms with Gasteiger partial charge in [-0.2, -0.15) is 0 Å². The number of para-hydroxylation sites is 1. The van der Waals surface area contributed by atoms with Gasteiger partial charge in [-0.05, 0) is 36.6 Å². The SMILES string of the molecule is CCCOc1ccccc1/C=C1/N=C(SC)SC1=O. The molecule has 0 spiro atoms. The molecule has 0 aromatic heterocycles. The molecular weight excluding hydrogens is 278 g/mol. The second-order valence-electron chi connectivity index (χ2n) is 3.89. The minimum atomic E-state index is -0.00496. The third-order valence-electron chi connectivity index (χ3n) is 2.45. The molecule has 3 nitrogen and oxygen atoms in total. The summed E-state index contributed by atoms with van der Waals surface area (Å²) in [7, 11) is 0. The Bertz CT molecular complexity index is 538. The highest BCUT2D eigenvalue weighted by molar-refractivity contribution is 8.45. The summed E-state index contributed by atoms with van der Waals surface area (Å²) in [6.45, 7) is 2.73. The molecule has 2 rings (SSSR count). The van der Waals surface area contributed by atoms with Gasteiger partial charge in [0.25, 0.3) is 0 Å². The normalized spacial score (nSPS) is 16.8. The summed E-state index contributed by atoms with van der Waals surface area (Å²) in [5.74, 6) is 0.794. The molecule has 0 aliphatic carbocycles. The van der Waals surface area contributed by atoms with E-state index in [4.69, 9.17) is 4.74 Å². The molecule has 1 aromatic rings. The largest absolute Gasteiger partial charge is 0.493 e. The molecule has 0 saturated heterocycles. The molecule has 0 saturated carbocycles. The molecule has 19 heavy (non-hydrogen) atoms. The fourth-order valence-electron chi connectivity index (χ4n) is 1.57. The smallest absolute Gasteiger partial charge is 0.244 e. The van der Waals surface area contributed by atoms with Crippen LogP contribution in [0.25, 0.3) is 6.08 Å². The molecule has 0 N–H and O–H groups in total. The Kier molecular flexibility index (Phi) is 5.10. The molecule has 1 heterocycles. The number of carbonyl (C=O) groups is 1. The van der Waals surface area contributed by atoms with Gasteiger partial charge in [0, 0.05) is 5.56 Å². The van der Waals surface area contributed by atoms with Crippen LogP contribution >= 0.6 is 23.5 Å². The van der Waals surface area contributed by atoms with Crippen LogP contribution in [0.3, 0.4) is 0 Å². The second-order valence-corrected chi connectivity index (χ2v) is 5.90. The van der Waals surface area contributed by atoms with Gasteiger partial charge >= 0.3 is 0 Å². The maximum absolute atomic E-state index is 11.8. The average molecular weight is 293 g/mol. The highest BCUT2D eigenvalue weighted by atomic mass is 32.2. The van der Waals surface area contributed by atoms with Gasteiger partial charge in [-0.1, -0.05) is 25.1 Å². The lowest BCUT2D eigenvalue weighted by atomic mass is 10.1. The lowest BCUT2D eigenvalue weighted by Gasteiger charge is -2.07. The molecule has 0 radical (unpaired) electrons. The molecule has 1 aliphatic heterocycles. The first-order valence-electron chi connectivity index (χ1n) is 6.03. The third kappa shape index (κ3) is 3.64. The molecule has 1 aromatic carbocycles. The van der Waals surface area contributed by atoms with Crippen molar-refractivity contribution in [1.29, 1.82) is 0 Å². The Morgan fingerprint density at radius 3 is 2.89 bits per heavy atom. The van der Waals surface area contributed by atoms with E-state index < -0.39 is 0 Å². The van der Waals surface area contributed by atoms with Gasteiger partial charge in [0.15, 0.2) is 0 Å². The van der Waals surface area contributed by atoms with E-state index in [1.807, 2.05) is 30.5 Å². The Hall–Kier alpha value is -1.20. The van der Waals surface area contributed by atoms with Crippen molar-refractivity contribution in [2.75, 3.05) is 12.9 Å². The van der Waals surface area contributed by atoms with Gasteiger partial charge < -0.3 is 4.74 Å². The van der Waals surface area contributed by atoms with Gasteiger partial charge in [0.1, 0.15) is 15.8 Å². The van der Waals surface area contributed by atoms with Crippen LogP contribution in [0, 0.1) is 0 Å². The number of thioether (sulfide) groups is 2. The van der Waals surface area contributed by atoms with E-state index in [-0.39, 0.29) is 5.12 Å². The van der Waals surface area contributed by atoms with Gasteiger partial charge in [-0.15, -0.1) is 11.8 Å². The van der Waals surface area contributed by atoms with Crippen molar-refractivity contribution >= 4 is 39.1 Å². The number of hydrogen-bond donors (Lipinski definition) is 0. The van der Waals surface area contributed by atoms with Gasteiger partial charge in [-0.3, -0.25) is 4.79 Å². The highest BCUT2D eigenvalue weighted by Crippen LogP contribution is 2.31. The highest BCUT2D eigenvalue weighted by Gasteiger charge is 2.21. The van der Waals surface area contributed by atoms with Crippen molar-refractivity contribution in [2.45, 2.75) is 13.3 Å². The molecule has 1 aliphatic rings. The summed E-state index contributed by atoms with van der Waals surface area (Å²) < 4.78 is 6.46. The molecule has 0 bridgehead atoms. The van der Waals surface area contributed by atoms with Gasteiger partial charge in [0.05, 0.1) is 6.61 Å². The summed E-state index contributed by atoms with van der Waals surface area (Å²) >= 11 is 2.67. The van der Waals surface area contributed by atoms with Crippen LogP contribution in [0.15, 0.2) is 35.0 Å². The van der Waals surface area contributed by atoms with Gasteiger partial charge in [-0.25, -0.2) is 4.99 Å². The van der Waals surface area contributed by atoms with Crippen LogP contribution in [0.2, 0.25) is 0 Å². The third-order valence-corrected chi connectivity index (χ3v) is 4.30. The number of carbonyl (C=O) groups excluding carboxylic acids is 1. The first kappa shape index (κ1) is 14.2. The van der Waals surface area contributed by atoms with E-state index in [1.165, 1.54) is 23.5 Å². The zero-order valence-corrected chi connectivity index (χ0v) is 12.5. The van der Waals surface area contributed by atoms with Crippen molar-refractivity contribution in [3.8, 4) is 5.75 Å². The summed E-state index contributed by atoms with van der Waals surface area (Å²) in [5.41, 5.74) is 1.38. The minimum Gasteiger partial charge on any atom is -0.493 e. The molecule has 100 valence electrons. The average Bonchev–Trinajstić information content (AvgIpc) is 2.78. The lowest BCUT2D eigenvalue weighted by molar-refractivity contribution is -0.107. The summed E-state index contributed by atoms with van der Waals surface area (Å²) in [6, 6.07) is 7.70. The Balaban J connectivity index is 2.27. The van der Waals surface area contributed by atoms with Crippen LogP contribution in [0.5, 0.6) is 5.75 Å². The number of rotatable bonds is 4. The first-order valence-corrected chi connectivity index (χ1v) is 8.07. The van der Waals surface area contributed by atoms with E-state index in [9.17, 15) is 4.79 Å². The van der Waals surface area contributed by atoms with E-state index in [1.54, 1.807) is 6.08 Å². The minimum absolute atomic E-state index is 0.00496. The summed E-state index contributed by atoms with van der Waals surface area (Å²) in [4.78, 5) is 16.1. The number of benzene rings is 1. The van der Waals surface area contributed by atoms with Crippen molar-refractivity contribution in [3.63, 3.8) is 0 Å². The molecule has 5 heteroatoms. The van der Waals surface area contributed by atoms with E-state index in [0.717, 1.165) is 22.1 Å². The van der Waals surface area contributed by atoms with E-state index >= 15 is 0 Å². The maximum Gasteiger partial charge on any atom is 0.244 e. The lowest BCUT2D eigenvalue weighted by Crippen LogP contribution is -1.97. The predicted octanol–water partition coefficient (Wildman–Crippen LogP) is 3.81. The van der Waals surface area contributed by atoms with Crippen LogP contribution in [-0.4, -0.2) is 22.4 Å². The van der Waals surface area contributed by atoms with Crippen LogP contribution in [0.1, 0.15) is 18.9 Å². The van der Waals surface area contributed by atoms with Crippen LogP contribution in [0.4, 0.5) is 0 Å².